The molecule has 2 aromatic rings. The summed E-state index contributed by atoms with van der Waals surface area (Å²) in [5.74, 6) is 0.0690. The van der Waals surface area contributed by atoms with Gasteiger partial charge in [-0.15, -0.1) is 12.6 Å². The van der Waals surface area contributed by atoms with Gasteiger partial charge in [0.2, 0.25) is 5.91 Å². The molecule has 2 rings (SSSR count). The third kappa shape index (κ3) is 5.09. The summed E-state index contributed by atoms with van der Waals surface area (Å²) < 4.78 is 2.04. The molecule has 0 atom stereocenters. The molecule has 0 saturated heterocycles. The van der Waals surface area contributed by atoms with E-state index in [1.54, 1.807) is 6.20 Å². The molecular weight excluding hydrogens is 270 g/mol. The van der Waals surface area contributed by atoms with E-state index in [-0.39, 0.29) is 5.91 Å². The number of hydrogen-bond acceptors (Lipinski definition) is 3. The van der Waals surface area contributed by atoms with Gasteiger partial charge in [0.1, 0.15) is 0 Å². The molecular formula is C15H19N3OS. The molecule has 1 aromatic carbocycles. The van der Waals surface area contributed by atoms with Gasteiger partial charge in [-0.25, -0.2) is 4.98 Å². The lowest BCUT2D eigenvalue weighted by molar-refractivity contribution is -0.120. The predicted molar refractivity (Wildman–Crippen MR) is 81.9 cm³/mol. The van der Waals surface area contributed by atoms with Crippen molar-refractivity contribution in [2.75, 3.05) is 6.54 Å². The summed E-state index contributed by atoms with van der Waals surface area (Å²) in [6.45, 7) is 1.66. The van der Waals surface area contributed by atoms with Crippen LogP contribution in [0.15, 0.2) is 47.9 Å². The normalized spacial score (nSPS) is 10.4. The van der Waals surface area contributed by atoms with Crippen LogP contribution in [0.4, 0.5) is 0 Å². The Morgan fingerprint density at radius 2 is 2.05 bits per heavy atom. The van der Waals surface area contributed by atoms with E-state index in [4.69, 9.17) is 0 Å². The first-order valence-electron chi connectivity index (χ1n) is 6.74. The highest BCUT2D eigenvalue weighted by molar-refractivity contribution is 7.80. The van der Waals surface area contributed by atoms with E-state index in [0.717, 1.165) is 36.4 Å². The number of amides is 1. The van der Waals surface area contributed by atoms with Crippen molar-refractivity contribution in [3.05, 3.63) is 48.5 Å². The van der Waals surface area contributed by atoms with Gasteiger partial charge in [0.15, 0.2) is 0 Å². The zero-order valence-corrected chi connectivity index (χ0v) is 12.2. The van der Waals surface area contributed by atoms with Crippen LogP contribution >= 0.6 is 12.6 Å². The van der Waals surface area contributed by atoms with Crippen LogP contribution in [-0.4, -0.2) is 22.0 Å². The van der Waals surface area contributed by atoms with Crippen LogP contribution in [0, 0.1) is 0 Å². The van der Waals surface area contributed by atoms with Crippen molar-refractivity contribution in [1.29, 1.82) is 0 Å². The Hall–Kier alpha value is -1.75. The fourth-order valence-electron chi connectivity index (χ4n) is 1.93. The van der Waals surface area contributed by atoms with Crippen LogP contribution in [0.1, 0.15) is 18.4 Å². The number of nitrogens with one attached hydrogen (secondary N) is 1. The Kier molecular flexibility index (Phi) is 5.68. The van der Waals surface area contributed by atoms with Crippen molar-refractivity contribution in [2.45, 2.75) is 30.7 Å². The molecule has 106 valence electrons. The number of imidazole rings is 1. The van der Waals surface area contributed by atoms with E-state index in [9.17, 15) is 4.79 Å². The number of aryl methyl sites for hydroxylation is 1. The summed E-state index contributed by atoms with van der Waals surface area (Å²) in [5, 5.41) is 2.94. The number of aromatic nitrogens is 2. The smallest absolute Gasteiger partial charge is 0.224 e. The summed E-state index contributed by atoms with van der Waals surface area (Å²) in [5.41, 5.74) is 1.01. The summed E-state index contributed by atoms with van der Waals surface area (Å²) in [6, 6.07) is 7.66. The molecule has 0 spiro atoms. The van der Waals surface area contributed by atoms with Crippen LogP contribution < -0.4 is 5.32 Å². The Morgan fingerprint density at radius 1 is 1.25 bits per heavy atom. The van der Waals surface area contributed by atoms with Gasteiger partial charge < -0.3 is 9.88 Å². The minimum Gasteiger partial charge on any atom is -0.356 e. The number of nitrogens with zero attached hydrogens (tertiary/aromatic N) is 2. The molecule has 0 radical (unpaired) electrons. The van der Waals surface area contributed by atoms with Crippen molar-refractivity contribution >= 4 is 18.5 Å². The minimum atomic E-state index is 0.0690. The number of carbonyl (C=O) groups excluding carboxylic acids is 1. The average Bonchev–Trinajstić information content (AvgIpc) is 2.94. The molecule has 5 heteroatoms. The van der Waals surface area contributed by atoms with Gasteiger partial charge in [-0.3, -0.25) is 4.79 Å². The number of rotatable bonds is 7. The summed E-state index contributed by atoms with van der Waals surface area (Å²) in [6.07, 6.45) is 7.96. The molecule has 0 aliphatic carbocycles. The second kappa shape index (κ2) is 7.75. The Bertz CT molecular complexity index is 523. The molecule has 4 nitrogen and oxygen atoms in total. The first-order valence-corrected chi connectivity index (χ1v) is 7.19. The number of benzene rings is 1. The van der Waals surface area contributed by atoms with Crippen LogP contribution in [0.2, 0.25) is 0 Å². The number of unbranched alkanes of at least 4 members (excludes halogenated alkanes) is 1. The van der Waals surface area contributed by atoms with Crippen LogP contribution in [0.25, 0.3) is 0 Å². The van der Waals surface area contributed by atoms with Crippen LogP contribution in [0.5, 0.6) is 0 Å². The van der Waals surface area contributed by atoms with E-state index in [0.29, 0.717) is 6.42 Å². The molecule has 0 saturated carbocycles. The standard InChI is InChI=1S/C15H19N3OS/c19-15(11-13-3-5-14(20)6-4-13)17-7-1-2-9-18-10-8-16-12-18/h3-6,8,10,12,20H,1-2,7,9,11H2,(H,17,19). The maximum atomic E-state index is 11.7. The molecule has 0 aliphatic heterocycles. The second-order valence-corrected chi connectivity index (χ2v) is 5.22. The molecule has 0 bridgehead atoms. The highest BCUT2D eigenvalue weighted by Gasteiger charge is 2.02. The third-order valence-electron chi connectivity index (χ3n) is 3.03. The summed E-state index contributed by atoms with van der Waals surface area (Å²) >= 11 is 4.22. The highest BCUT2D eigenvalue weighted by atomic mass is 32.1. The van der Waals surface area contributed by atoms with E-state index < -0.39 is 0 Å². The molecule has 0 aliphatic rings. The van der Waals surface area contributed by atoms with Crippen molar-refractivity contribution in [3.8, 4) is 0 Å². The van der Waals surface area contributed by atoms with Crippen LogP contribution in [-0.2, 0) is 17.8 Å². The maximum absolute atomic E-state index is 11.7. The van der Waals surface area contributed by atoms with Crippen molar-refractivity contribution in [3.63, 3.8) is 0 Å². The first-order chi connectivity index (χ1) is 9.74. The zero-order chi connectivity index (χ0) is 14.2. The lowest BCUT2D eigenvalue weighted by atomic mass is 10.1. The Morgan fingerprint density at radius 3 is 2.75 bits per heavy atom. The largest absolute Gasteiger partial charge is 0.356 e. The molecule has 20 heavy (non-hydrogen) atoms. The number of carbonyl (C=O) groups is 1. The van der Waals surface area contributed by atoms with Gasteiger partial charge in [0.25, 0.3) is 0 Å². The Labute approximate surface area is 124 Å². The fourth-order valence-corrected chi connectivity index (χ4v) is 2.08. The lowest BCUT2D eigenvalue weighted by Crippen LogP contribution is -2.26. The highest BCUT2D eigenvalue weighted by Crippen LogP contribution is 2.08. The Balaban J connectivity index is 1.59. The maximum Gasteiger partial charge on any atom is 0.224 e. The van der Waals surface area contributed by atoms with E-state index >= 15 is 0 Å². The topological polar surface area (TPSA) is 46.9 Å². The zero-order valence-electron chi connectivity index (χ0n) is 11.3. The SMILES string of the molecule is O=C(Cc1ccc(S)cc1)NCCCCn1ccnc1. The van der Waals surface area contributed by atoms with Crippen molar-refractivity contribution < 1.29 is 4.79 Å². The molecule has 0 fully saturated rings. The first kappa shape index (κ1) is 14.7. The van der Waals surface area contributed by atoms with E-state index in [1.165, 1.54) is 0 Å². The monoisotopic (exact) mass is 289 g/mol. The fraction of sp³-hybridized carbons (Fsp3) is 0.333. The predicted octanol–water partition coefficient (Wildman–Crippen LogP) is 2.31. The third-order valence-corrected chi connectivity index (χ3v) is 3.32. The van der Waals surface area contributed by atoms with Gasteiger partial charge in [-0.2, -0.15) is 0 Å². The van der Waals surface area contributed by atoms with Gasteiger partial charge in [0, 0.05) is 30.4 Å². The van der Waals surface area contributed by atoms with Crippen molar-refractivity contribution in [2.24, 2.45) is 0 Å². The van der Waals surface area contributed by atoms with Gasteiger partial charge >= 0.3 is 0 Å². The molecule has 1 N–H and O–H groups in total. The summed E-state index contributed by atoms with van der Waals surface area (Å²) in [7, 11) is 0. The molecule has 1 heterocycles. The number of thiol groups is 1. The lowest BCUT2D eigenvalue weighted by Gasteiger charge is -2.06. The molecule has 0 unspecified atom stereocenters. The van der Waals surface area contributed by atoms with Gasteiger partial charge in [-0.1, -0.05) is 12.1 Å². The quantitative estimate of drug-likeness (QED) is 0.607. The second-order valence-electron chi connectivity index (χ2n) is 4.70. The molecule has 1 aromatic heterocycles. The average molecular weight is 289 g/mol. The summed E-state index contributed by atoms with van der Waals surface area (Å²) in [4.78, 5) is 16.6. The van der Waals surface area contributed by atoms with Crippen LogP contribution in [0.3, 0.4) is 0 Å². The van der Waals surface area contributed by atoms with E-state index in [1.807, 2.05) is 41.4 Å². The number of hydrogen-bond donors (Lipinski definition) is 2. The van der Waals surface area contributed by atoms with Crippen molar-refractivity contribution in [1.82, 2.24) is 14.9 Å². The minimum absolute atomic E-state index is 0.0690. The van der Waals surface area contributed by atoms with Gasteiger partial charge in [0.05, 0.1) is 12.7 Å². The molecule has 1 amide bonds. The van der Waals surface area contributed by atoms with E-state index in [2.05, 4.69) is 22.9 Å². The van der Waals surface area contributed by atoms with Gasteiger partial charge in [-0.05, 0) is 30.5 Å².